The summed E-state index contributed by atoms with van der Waals surface area (Å²) in [6.45, 7) is 13.3. The number of aromatic nitrogens is 1. The maximum absolute atomic E-state index is 11.2. The maximum atomic E-state index is 11.2. The van der Waals surface area contributed by atoms with Crippen LogP contribution in [0.15, 0.2) is 54.7 Å². The van der Waals surface area contributed by atoms with E-state index in [0.717, 1.165) is 49.8 Å². The van der Waals surface area contributed by atoms with E-state index in [1.165, 1.54) is 35.6 Å². The van der Waals surface area contributed by atoms with Gasteiger partial charge in [0.05, 0.1) is 12.2 Å². The monoisotopic (exact) mass is 735 g/mol. The van der Waals surface area contributed by atoms with Crippen LogP contribution in [0.25, 0.3) is 22.0 Å². The Balaban J connectivity index is 0.000000221. The first kappa shape index (κ1) is 33.9. The van der Waals surface area contributed by atoms with Crippen LogP contribution >= 0.6 is 0 Å². The molecule has 2 saturated carbocycles. The number of fused-ring (bicyclic) bond motifs is 2. The van der Waals surface area contributed by atoms with E-state index in [-0.39, 0.29) is 49.1 Å². The molecule has 2 fully saturated rings. The van der Waals surface area contributed by atoms with Gasteiger partial charge >= 0.3 is 0 Å². The summed E-state index contributed by atoms with van der Waals surface area (Å²) in [5.41, 5.74) is 3.48. The molecule has 2 N–H and O–H groups in total. The maximum Gasteiger partial charge on any atom is 0.0651 e. The van der Waals surface area contributed by atoms with E-state index < -0.39 is 0 Å². The van der Waals surface area contributed by atoms with Crippen molar-refractivity contribution in [3.63, 3.8) is 0 Å². The van der Waals surface area contributed by atoms with Crippen LogP contribution in [-0.2, 0) is 20.1 Å². The molecule has 4 heteroatoms. The van der Waals surface area contributed by atoms with Crippen molar-refractivity contribution in [2.75, 3.05) is 0 Å². The van der Waals surface area contributed by atoms with Crippen molar-refractivity contribution in [3.8, 4) is 11.3 Å². The molecule has 227 valence electrons. The fourth-order valence-corrected chi connectivity index (χ4v) is 7.86. The molecule has 3 nitrogen and oxygen atoms in total. The number of rotatable bonds is 6. The Hall–Kier alpha value is -1.58. The molecule has 0 bridgehead atoms. The quantitative estimate of drug-likeness (QED) is 0.248. The van der Waals surface area contributed by atoms with E-state index in [1.54, 1.807) is 0 Å². The van der Waals surface area contributed by atoms with Crippen molar-refractivity contribution in [1.29, 1.82) is 0 Å². The Morgan fingerprint density at radius 1 is 0.878 bits per heavy atom. The third-order valence-electron chi connectivity index (χ3n) is 11.0. The van der Waals surface area contributed by atoms with Crippen LogP contribution in [0.3, 0.4) is 0 Å². The Kier molecular flexibility index (Phi) is 12.2. The van der Waals surface area contributed by atoms with Gasteiger partial charge in [-0.15, -0.1) is 35.9 Å². The minimum Gasteiger partial charge on any atom is -0.392 e. The van der Waals surface area contributed by atoms with E-state index in [1.807, 2.05) is 24.4 Å². The molecule has 1 heterocycles. The average Bonchev–Trinajstić information content (AvgIpc) is 3.14. The first-order chi connectivity index (χ1) is 19.3. The smallest absolute Gasteiger partial charge is 0.0651 e. The van der Waals surface area contributed by atoms with Crippen molar-refractivity contribution >= 4 is 10.8 Å². The van der Waals surface area contributed by atoms with E-state index in [0.29, 0.717) is 11.8 Å². The summed E-state index contributed by atoms with van der Waals surface area (Å²) in [4.78, 5) is 4.55. The zero-order chi connectivity index (χ0) is 28.9. The Morgan fingerprint density at radius 3 is 2.12 bits per heavy atom. The second-order valence-electron chi connectivity index (χ2n) is 12.9. The van der Waals surface area contributed by atoms with Crippen molar-refractivity contribution in [1.82, 2.24) is 4.98 Å². The average molecular weight is 735 g/mol. The second kappa shape index (κ2) is 14.7. The fourth-order valence-electron chi connectivity index (χ4n) is 7.86. The summed E-state index contributed by atoms with van der Waals surface area (Å²) in [5, 5.41) is 24.8. The van der Waals surface area contributed by atoms with Crippen molar-refractivity contribution in [3.05, 3.63) is 66.4 Å². The number of nitrogens with zero attached hydrogens (tertiary/aromatic N) is 1. The van der Waals surface area contributed by atoms with Crippen LogP contribution in [0.4, 0.5) is 0 Å². The van der Waals surface area contributed by atoms with Crippen LogP contribution in [-0.4, -0.2) is 27.4 Å². The minimum atomic E-state index is -0.326. The van der Waals surface area contributed by atoms with E-state index in [9.17, 15) is 10.2 Å². The van der Waals surface area contributed by atoms with Gasteiger partial charge in [0.2, 0.25) is 0 Å². The predicted octanol–water partition coefficient (Wildman–Crippen LogP) is 9.35. The Bertz CT molecular complexity index is 1220. The summed E-state index contributed by atoms with van der Waals surface area (Å²) < 4.78 is 0. The molecule has 1 radical (unpaired) electrons. The molecule has 0 spiro atoms. The van der Waals surface area contributed by atoms with Crippen LogP contribution in [0.2, 0.25) is 0 Å². The van der Waals surface area contributed by atoms with Gasteiger partial charge in [-0.1, -0.05) is 66.2 Å². The molecule has 1 aromatic heterocycles. The predicted molar refractivity (Wildman–Crippen MR) is 168 cm³/mol. The summed E-state index contributed by atoms with van der Waals surface area (Å²) in [5.74, 6) is 1.15. The summed E-state index contributed by atoms with van der Waals surface area (Å²) >= 11 is 0. The molecular formula is C37H52IrNO2-. The molecule has 4 unspecified atom stereocenters. The number of aliphatic hydroxyl groups is 2. The third kappa shape index (κ3) is 6.82. The summed E-state index contributed by atoms with van der Waals surface area (Å²) in [6.07, 6.45) is 11.2. The van der Waals surface area contributed by atoms with Crippen molar-refractivity contribution in [2.24, 2.45) is 22.7 Å². The molecule has 4 atom stereocenters. The molecule has 41 heavy (non-hydrogen) atoms. The van der Waals surface area contributed by atoms with Gasteiger partial charge in [0, 0.05) is 32.2 Å². The molecule has 2 aromatic carbocycles. The van der Waals surface area contributed by atoms with Gasteiger partial charge in [-0.3, -0.25) is 0 Å². The number of pyridine rings is 1. The van der Waals surface area contributed by atoms with Crippen LogP contribution in [0.5, 0.6) is 0 Å². The van der Waals surface area contributed by atoms with Gasteiger partial charge < -0.3 is 15.2 Å². The van der Waals surface area contributed by atoms with Gasteiger partial charge in [-0.05, 0) is 102 Å². The standard InChI is InChI=1S/C19H36O2.C18H16N.Ir/c1-5-18(6-2)12-9-10-14-11-13-19(7-3,8-4)17(21)15(14)16(18)20;1-13(2)16-9-8-14-10-11-19-18(17(14)12-16)15-6-4-3-5-7-15;/h14-17,20-21H,5-13H2,1-4H3;3-6,8-13H,1-2H3;/q;-1;. The number of aliphatic hydroxyl groups excluding tert-OH is 2. The number of benzene rings is 2. The fraction of sp³-hybridized carbons (Fsp3) is 0.595. The van der Waals surface area contributed by atoms with Crippen molar-refractivity contribution < 1.29 is 30.3 Å². The molecule has 2 aliphatic carbocycles. The SMILES string of the molecule is CC(C)c1ccc2ccnc(-c3[c-]cccc3)c2c1.CCC1(CC)CCCC2CCC(CC)(CC)C(O)C2C1O.[Ir]. The molecule has 0 saturated heterocycles. The Labute approximate surface area is 262 Å². The molecule has 0 aliphatic heterocycles. The molecular weight excluding hydrogens is 683 g/mol. The Morgan fingerprint density at radius 2 is 1.54 bits per heavy atom. The van der Waals surface area contributed by atoms with Gasteiger partial charge in [0.1, 0.15) is 0 Å². The molecule has 2 aliphatic rings. The van der Waals surface area contributed by atoms with E-state index in [2.05, 4.69) is 82.9 Å². The van der Waals surface area contributed by atoms with Gasteiger partial charge in [0.15, 0.2) is 0 Å². The first-order valence-corrected chi connectivity index (χ1v) is 16.0. The largest absolute Gasteiger partial charge is 0.392 e. The van der Waals surface area contributed by atoms with Crippen LogP contribution < -0.4 is 0 Å². The number of hydrogen-bond acceptors (Lipinski definition) is 3. The van der Waals surface area contributed by atoms with Crippen LogP contribution in [0.1, 0.15) is 111 Å². The summed E-state index contributed by atoms with van der Waals surface area (Å²) in [6, 6.07) is 20.0. The molecule has 5 rings (SSSR count). The van der Waals surface area contributed by atoms with E-state index >= 15 is 0 Å². The normalized spacial score (nSPS) is 24.9. The van der Waals surface area contributed by atoms with Gasteiger partial charge in [0.25, 0.3) is 0 Å². The van der Waals surface area contributed by atoms with Crippen LogP contribution in [0, 0.1) is 28.7 Å². The van der Waals surface area contributed by atoms with Gasteiger partial charge in [-0.25, -0.2) is 0 Å². The van der Waals surface area contributed by atoms with Gasteiger partial charge in [-0.2, -0.15) is 0 Å². The third-order valence-corrected chi connectivity index (χ3v) is 11.0. The summed E-state index contributed by atoms with van der Waals surface area (Å²) in [7, 11) is 0. The zero-order valence-electron chi connectivity index (χ0n) is 26.1. The zero-order valence-corrected chi connectivity index (χ0v) is 28.5. The second-order valence-corrected chi connectivity index (χ2v) is 12.9. The van der Waals surface area contributed by atoms with Crippen molar-refractivity contribution in [2.45, 2.75) is 117 Å². The van der Waals surface area contributed by atoms with E-state index in [4.69, 9.17) is 0 Å². The minimum absolute atomic E-state index is 0. The number of hydrogen-bond donors (Lipinski definition) is 2. The molecule has 0 amide bonds. The molecule has 3 aromatic rings. The first-order valence-electron chi connectivity index (χ1n) is 16.0. The topological polar surface area (TPSA) is 53.4 Å².